The monoisotopic (exact) mass is 235 g/mol. The highest BCUT2D eigenvalue weighted by molar-refractivity contribution is 5.94. The zero-order valence-corrected chi connectivity index (χ0v) is 10.1. The van der Waals surface area contributed by atoms with Gasteiger partial charge in [-0.25, -0.2) is 9.78 Å². The molecule has 0 bridgehead atoms. The average Bonchev–Trinajstić information content (AvgIpc) is 2.91. The minimum atomic E-state index is -0.342. The Morgan fingerprint density at radius 2 is 2.47 bits per heavy atom. The molecule has 0 saturated carbocycles. The average molecular weight is 235 g/mol. The lowest BCUT2D eigenvalue weighted by Gasteiger charge is -2.26. The lowest BCUT2D eigenvalue weighted by atomic mass is 10.2. The van der Waals surface area contributed by atoms with Gasteiger partial charge in [0.25, 0.3) is 0 Å². The molecule has 5 nitrogen and oxygen atoms in total. The van der Waals surface area contributed by atoms with E-state index in [0.717, 1.165) is 19.5 Å². The number of esters is 1. The van der Waals surface area contributed by atoms with Crippen molar-refractivity contribution in [2.75, 3.05) is 32.1 Å². The molecule has 0 radical (unpaired) electrons. The van der Waals surface area contributed by atoms with E-state index < -0.39 is 0 Å². The summed E-state index contributed by atoms with van der Waals surface area (Å²) in [5, 5.41) is 3.30. The first-order valence-corrected chi connectivity index (χ1v) is 5.71. The SMILES string of the molecule is COC(=O)c1cccnc1N(C)C1CCNC1. The van der Waals surface area contributed by atoms with Crippen molar-refractivity contribution in [3.8, 4) is 0 Å². The molecule has 0 aromatic carbocycles. The van der Waals surface area contributed by atoms with Crippen LogP contribution in [0.4, 0.5) is 5.82 Å². The van der Waals surface area contributed by atoms with Crippen molar-refractivity contribution >= 4 is 11.8 Å². The van der Waals surface area contributed by atoms with Crippen LogP contribution in [0.1, 0.15) is 16.8 Å². The van der Waals surface area contributed by atoms with Crippen LogP contribution in [-0.2, 0) is 4.74 Å². The van der Waals surface area contributed by atoms with Gasteiger partial charge in [0.15, 0.2) is 0 Å². The quantitative estimate of drug-likeness (QED) is 0.780. The van der Waals surface area contributed by atoms with Crippen LogP contribution in [0.15, 0.2) is 18.3 Å². The molecular weight excluding hydrogens is 218 g/mol. The van der Waals surface area contributed by atoms with Crippen LogP contribution in [0, 0.1) is 0 Å². The van der Waals surface area contributed by atoms with Gasteiger partial charge in [-0.05, 0) is 25.1 Å². The van der Waals surface area contributed by atoms with E-state index in [0.29, 0.717) is 17.4 Å². The number of hydrogen-bond donors (Lipinski definition) is 1. The molecule has 92 valence electrons. The van der Waals surface area contributed by atoms with Gasteiger partial charge in [0, 0.05) is 25.8 Å². The van der Waals surface area contributed by atoms with Crippen LogP contribution in [-0.4, -0.2) is 44.2 Å². The molecule has 1 fully saturated rings. The molecular formula is C12H17N3O2. The fraction of sp³-hybridized carbons (Fsp3) is 0.500. The Morgan fingerprint density at radius 1 is 1.65 bits per heavy atom. The molecule has 1 unspecified atom stereocenters. The van der Waals surface area contributed by atoms with E-state index in [1.807, 2.05) is 11.9 Å². The zero-order valence-electron chi connectivity index (χ0n) is 10.1. The number of likely N-dealkylation sites (N-methyl/N-ethyl adjacent to an activating group) is 1. The number of aromatic nitrogens is 1. The van der Waals surface area contributed by atoms with Gasteiger partial charge in [-0.2, -0.15) is 0 Å². The highest BCUT2D eigenvalue weighted by Gasteiger charge is 2.24. The molecule has 0 spiro atoms. The number of pyridine rings is 1. The van der Waals surface area contributed by atoms with E-state index in [2.05, 4.69) is 10.3 Å². The highest BCUT2D eigenvalue weighted by Crippen LogP contribution is 2.20. The topological polar surface area (TPSA) is 54.5 Å². The first-order valence-electron chi connectivity index (χ1n) is 5.71. The van der Waals surface area contributed by atoms with E-state index >= 15 is 0 Å². The summed E-state index contributed by atoms with van der Waals surface area (Å²) in [6.45, 7) is 1.93. The van der Waals surface area contributed by atoms with Crippen molar-refractivity contribution in [3.05, 3.63) is 23.9 Å². The van der Waals surface area contributed by atoms with Gasteiger partial charge >= 0.3 is 5.97 Å². The first kappa shape index (κ1) is 11.9. The fourth-order valence-electron chi connectivity index (χ4n) is 2.09. The maximum atomic E-state index is 11.6. The Hall–Kier alpha value is -1.62. The lowest BCUT2D eigenvalue weighted by molar-refractivity contribution is 0.0601. The number of ether oxygens (including phenoxy) is 1. The largest absolute Gasteiger partial charge is 0.465 e. The van der Waals surface area contributed by atoms with E-state index in [1.54, 1.807) is 18.3 Å². The number of carbonyl (C=O) groups excluding carboxylic acids is 1. The minimum absolute atomic E-state index is 0.342. The third-order valence-corrected chi connectivity index (χ3v) is 3.11. The Kier molecular flexibility index (Phi) is 3.58. The third-order valence-electron chi connectivity index (χ3n) is 3.11. The van der Waals surface area contributed by atoms with Gasteiger partial charge in [-0.1, -0.05) is 0 Å². The molecule has 1 aliphatic heterocycles. The fourth-order valence-corrected chi connectivity index (χ4v) is 2.09. The summed E-state index contributed by atoms with van der Waals surface area (Å²) >= 11 is 0. The number of nitrogens with one attached hydrogen (secondary N) is 1. The zero-order chi connectivity index (χ0) is 12.3. The molecule has 1 atom stereocenters. The normalized spacial score (nSPS) is 19.1. The van der Waals surface area contributed by atoms with Crippen molar-refractivity contribution in [2.45, 2.75) is 12.5 Å². The number of anilines is 1. The van der Waals surface area contributed by atoms with Gasteiger partial charge in [-0.15, -0.1) is 0 Å². The highest BCUT2D eigenvalue weighted by atomic mass is 16.5. The van der Waals surface area contributed by atoms with Crippen LogP contribution in [0.2, 0.25) is 0 Å². The molecule has 1 aromatic rings. The second-order valence-electron chi connectivity index (χ2n) is 4.12. The van der Waals surface area contributed by atoms with E-state index in [4.69, 9.17) is 4.74 Å². The van der Waals surface area contributed by atoms with Crippen molar-refractivity contribution in [2.24, 2.45) is 0 Å². The Balaban J connectivity index is 2.27. The second kappa shape index (κ2) is 5.14. The molecule has 0 aliphatic carbocycles. The molecule has 5 heteroatoms. The predicted molar refractivity (Wildman–Crippen MR) is 65.3 cm³/mol. The summed E-state index contributed by atoms with van der Waals surface area (Å²) in [5.74, 6) is 0.346. The van der Waals surface area contributed by atoms with E-state index in [-0.39, 0.29) is 5.97 Å². The maximum Gasteiger partial charge on any atom is 0.341 e. The van der Waals surface area contributed by atoms with E-state index in [9.17, 15) is 4.79 Å². The summed E-state index contributed by atoms with van der Waals surface area (Å²) in [6.07, 6.45) is 2.76. The number of rotatable bonds is 3. The number of hydrogen-bond acceptors (Lipinski definition) is 5. The summed E-state index contributed by atoms with van der Waals surface area (Å²) in [5.41, 5.74) is 0.518. The van der Waals surface area contributed by atoms with Gasteiger partial charge in [-0.3, -0.25) is 0 Å². The molecule has 1 saturated heterocycles. The van der Waals surface area contributed by atoms with Crippen molar-refractivity contribution in [1.82, 2.24) is 10.3 Å². The number of carbonyl (C=O) groups is 1. The third kappa shape index (κ3) is 2.39. The number of nitrogens with zero attached hydrogens (tertiary/aromatic N) is 2. The summed E-state index contributed by atoms with van der Waals surface area (Å²) in [7, 11) is 3.35. The van der Waals surface area contributed by atoms with Crippen LogP contribution >= 0.6 is 0 Å². The summed E-state index contributed by atoms with van der Waals surface area (Å²) in [6, 6.07) is 3.87. The molecule has 1 aliphatic rings. The van der Waals surface area contributed by atoms with Gasteiger partial charge < -0.3 is 15.0 Å². The minimum Gasteiger partial charge on any atom is -0.465 e. The van der Waals surface area contributed by atoms with Crippen LogP contribution < -0.4 is 10.2 Å². The van der Waals surface area contributed by atoms with Crippen LogP contribution in [0.3, 0.4) is 0 Å². The van der Waals surface area contributed by atoms with E-state index in [1.165, 1.54) is 7.11 Å². The standard InChI is InChI=1S/C12H17N3O2/c1-15(9-5-7-13-8-9)11-10(12(16)17-2)4-3-6-14-11/h3-4,6,9,13H,5,7-8H2,1-2H3. The summed E-state index contributed by atoms with van der Waals surface area (Å²) < 4.78 is 4.77. The molecule has 2 rings (SSSR count). The van der Waals surface area contributed by atoms with Crippen molar-refractivity contribution < 1.29 is 9.53 Å². The molecule has 17 heavy (non-hydrogen) atoms. The van der Waals surface area contributed by atoms with Gasteiger partial charge in [0.2, 0.25) is 0 Å². The number of methoxy groups -OCH3 is 1. The molecule has 1 N–H and O–H groups in total. The smallest absolute Gasteiger partial charge is 0.341 e. The second-order valence-corrected chi connectivity index (χ2v) is 4.12. The first-order chi connectivity index (χ1) is 8.24. The summed E-state index contributed by atoms with van der Waals surface area (Å²) in [4.78, 5) is 18.0. The van der Waals surface area contributed by atoms with Crippen molar-refractivity contribution in [1.29, 1.82) is 0 Å². The maximum absolute atomic E-state index is 11.6. The van der Waals surface area contributed by atoms with Crippen LogP contribution in [0.25, 0.3) is 0 Å². The van der Waals surface area contributed by atoms with Crippen molar-refractivity contribution in [3.63, 3.8) is 0 Å². The molecule has 0 amide bonds. The van der Waals surface area contributed by atoms with Gasteiger partial charge in [0.05, 0.1) is 7.11 Å². The lowest BCUT2D eigenvalue weighted by Crippen LogP contribution is -2.35. The van der Waals surface area contributed by atoms with Gasteiger partial charge in [0.1, 0.15) is 11.4 Å². The van der Waals surface area contributed by atoms with Crippen LogP contribution in [0.5, 0.6) is 0 Å². The predicted octanol–water partition coefficient (Wildman–Crippen LogP) is 0.666. The molecule has 1 aromatic heterocycles. The Bertz CT molecular complexity index is 402. The Labute approximate surface area is 101 Å². The Morgan fingerprint density at radius 3 is 3.12 bits per heavy atom. The molecule has 2 heterocycles.